The molecule has 0 saturated carbocycles. The molecule has 0 aromatic heterocycles. The second kappa shape index (κ2) is 9.20. The van der Waals surface area contributed by atoms with Gasteiger partial charge in [-0.05, 0) is 69.4 Å². The number of carbonyl (C=O) groups is 2. The van der Waals surface area contributed by atoms with Crippen LogP contribution in [0.3, 0.4) is 0 Å². The molecule has 166 valence electrons. The number of aryl methyl sites for hydroxylation is 4. The van der Waals surface area contributed by atoms with Gasteiger partial charge in [0, 0.05) is 24.3 Å². The molecule has 0 aliphatic carbocycles. The molecular formula is C23H29N3O4S. The molecule has 0 atom stereocenters. The molecule has 1 aliphatic heterocycles. The Morgan fingerprint density at radius 1 is 0.935 bits per heavy atom. The van der Waals surface area contributed by atoms with Crippen molar-refractivity contribution in [3.8, 4) is 0 Å². The number of nitrogens with one attached hydrogen (secondary N) is 2. The van der Waals surface area contributed by atoms with Crippen molar-refractivity contribution in [3.63, 3.8) is 0 Å². The standard InChI is InChI=1S/C23H29N3O4S/c1-15-11-17(3)22(18(4)12-15)25-21(27)14-24-23(28)20-13-19(8-7-16(20)2)31(29,30)26-9-5-6-10-26/h7-8,11-13H,5-6,9-10,14H2,1-4H3,(H,24,28)(H,25,27). The summed E-state index contributed by atoms with van der Waals surface area (Å²) < 4.78 is 27.1. The normalized spacial score (nSPS) is 14.5. The van der Waals surface area contributed by atoms with Crippen LogP contribution in [0.25, 0.3) is 0 Å². The van der Waals surface area contributed by atoms with Crippen molar-refractivity contribution in [2.45, 2.75) is 45.4 Å². The molecule has 1 saturated heterocycles. The van der Waals surface area contributed by atoms with Crippen LogP contribution in [0.4, 0.5) is 5.69 Å². The predicted molar refractivity (Wildman–Crippen MR) is 121 cm³/mol. The maximum atomic E-state index is 12.8. The van der Waals surface area contributed by atoms with E-state index < -0.39 is 15.9 Å². The van der Waals surface area contributed by atoms with Crippen molar-refractivity contribution < 1.29 is 18.0 Å². The van der Waals surface area contributed by atoms with Crippen LogP contribution in [0.5, 0.6) is 0 Å². The number of carbonyl (C=O) groups excluding carboxylic acids is 2. The van der Waals surface area contributed by atoms with Crippen molar-refractivity contribution in [2.75, 3.05) is 25.0 Å². The molecule has 2 N–H and O–H groups in total. The molecule has 1 fully saturated rings. The summed E-state index contributed by atoms with van der Waals surface area (Å²) in [5.74, 6) is -0.828. The molecule has 7 nitrogen and oxygen atoms in total. The van der Waals surface area contributed by atoms with Gasteiger partial charge < -0.3 is 10.6 Å². The van der Waals surface area contributed by atoms with Crippen LogP contribution in [0, 0.1) is 27.7 Å². The number of hydrogen-bond donors (Lipinski definition) is 2. The maximum Gasteiger partial charge on any atom is 0.252 e. The van der Waals surface area contributed by atoms with Gasteiger partial charge in [0.25, 0.3) is 5.91 Å². The monoisotopic (exact) mass is 443 g/mol. The molecule has 2 amide bonds. The van der Waals surface area contributed by atoms with Crippen LogP contribution in [-0.4, -0.2) is 44.2 Å². The highest BCUT2D eigenvalue weighted by atomic mass is 32.2. The van der Waals surface area contributed by atoms with Crippen molar-refractivity contribution in [2.24, 2.45) is 0 Å². The zero-order valence-electron chi connectivity index (χ0n) is 18.4. The number of benzene rings is 2. The first-order valence-corrected chi connectivity index (χ1v) is 11.8. The first-order chi connectivity index (χ1) is 14.6. The summed E-state index contributed by atoms with van der Waals surface area (Å²) in [7, 11) is -3.62. The molecule has 2 aromatic carbocycles. The fourth-order valence-corrected chi connectivity index (χ4v) is 5.44. The van der Waals surface area contributed by atoms with Crippen molar-refractivity contribution in [1.82, 2.24) is 9.62 Å². The van der Waals surface area contributed by atoms with E-state index in [0.29, 0.717) is 18.7 Å². The topological polar surface area (TPSA) is 95.6 Å². The minimum absolute atomic E-state index is 0.0977. The van der Waals surface area contributed by atoms with E-state index in [4.69, 9.17) is 0 Å². The third-order valence-electron chi connectivity index (χ3n) is 5.51. The second-order valence-corrected chi connectivity index (χ2v) is 10.0. The van der Waals surface area contributed by atoms with Gasteiger partial charge in [-0.25, -0.2) is 8.42 Å². The van der Waals surface area contributed by atoms with E-state index >= 15 is 0 Å². The van der Waals surface area contributed by atoms with Crippen molar-refractivity contribution >= 4 is 27.5 Å². The predicted octanol–water partition coefficient (Wildman–Crippen LogP) is 3.07. The quantitative estimate of drug-likeness (QED) is 0.717. The van der Waals surface area contributed by atoms with Crippen LogP contribution in [0.1, 0.15) is 45.5 Å². The number of nitrogens with zero attached hydrogens (tertiary/aromatic N) is 1. The number of rotatable bonds is 6. The van der Waals surface area contributed by atoms with Gasteiger partial charge in [0.05, 0.1) is 11.4 Å². The van der Waals surface area contributed by atoms with Crippen LogP contribution < -0.4 is 10.6 Å². The Labute approximate surface area is 183 Å². The summed E-state index contributed by atoms with van der Waals surface area (Å²) >= 11 is 0. The summed E-state index contributed by atoms with van der Waals surface area (Å²) in [6, 6.07) is 8.50. The van der Waals surface area contributed by atoms with E-state index in [9.17, 15) is 18.0 Å². The smallest absolute Gasteiger partial charge is 0.252 e. The number of amides is 2. The van der Waals surface area contributed by atoms with Crippen LogP contribution >= 0.6 is 0 Å². The van der Waals surface area contributed by atoms with Gasteiger partial charge in [-0.3, -0.25) is 9.59 Å². The number of anilines is 1. The van der Waals surface area contributed by atoms with Gasteiger partial charge in [-0.1, -0.05) is 23.8 Å². The average molecular weight is 444 g/mol. The summed E-state index contributed by atoms with van der Waals surface area (Å²) in [5, 5.41) is 5.44. The van der Waals surface area contributed by atoms with Gasteiger partial charge in [0.2, 0.25) is 15.9 Å². The maximum absolute atomic E-state index is 12.8. The lowest BCUT2D eigenvalue weighted by Gasteiger charge is -2.17. The van der Waals surface area contributed by atoms with Crippen molar-refractivity contribution in [1.29, 1.82) is 0 Å². The van der Waals surface area contributed by atoms with Gasteiger partial charge in [-0.2, -0.15) is 4.31 Å². The second-order valence-electron chi connectivity index (χ2n) is 8.09. The fourth-order valence-electron chi connectivity index (χ4n) is 3.90. The van der Waals surface area contributed by atoms with E-state index in [-0.39, 0.29) is 22.9 Å². The van der Waals surface area contributed by atoms with E-state index in [1.807, 2.05) is 32.9 Å². The largest absolute Gasteiger partial charge is 0.343 e. The molecule has 3 rings (SSSR count). The highest BCUT2D eigenvalue weighted by Crippen LogP contribution is 2.23. The molecule has 2 aromatic rings. The van der Waals surface area contributed by atoms with Gasteiger partial charge in [0.1, 0.15) is 0 Å². The number of sulfonamides is 1. The minimum atomic E-state index is -3.62. The first-order valence-electron chi connectivity index (χ1n) is 10.4. The Bertz CT molecular complexity index is 1100. The van der Waals surface area contributed by atoms with E-state index in [1.54, 1.807) is 13.0 Å². The average Bonchev–Trinajstić information content (AvgIpc) is 3.25. The highest BCUT2D eigenvalue weighted by Gasteiger charge is 2.28. The van der Waals surface area contributed by atoms with Gasteiger partial charge in [0.15, 0.2) is 0 Å². The minimum Gasteiger partial charge on any atom is -0.343 e. The molecule has 31 heavy (non-hydrogen) atoms. The molecule has 0 spiro atoms. The lowest BCUT2D eigenvalue weighted by atomic mass is 10.1. The molecular weight excluding hydrogens is 414 g/mol. The Balaban J connectivity index is 1.70. The van der Waals surface area contributed by atoms with Gasteiger partial charge >= 0.3 is 0 Å². The Morgan fingerprint density at radius 2 is 1.55 bits per heavy atom. The zero-order valence-corrected chi connectivity index (χ0v) is 19.2. The van der Waals surface area contributed by atoms with E-state index in [2.05, 4.69) is 10.6 Å². The summed E-state index contributed by atoms with van der Waals surface area (Å²) in [4.78, 5) is 25.2. The molecule has 0 unspecified atom stereocenters. The molecule has 8 heteroatoms. The lowest BCUT2D eigenvalue weighted by molar-refractivity contribution is -0.115. The van der Waals surface area contributed by atoms with Crippen molar-refractivity contribution in [3.05, 3.63) is 58.1 Å². The van der Waals surface area contributed by atoms with Crippen LogP contribution in [0.2, 0.25) is 0 Å². The molecule has 1 aliphatic rings. The van der Waals surface area contributed by atoms with Crippen LogP contribution in [0.15, 0.2) is 35.2 Å². The summed E-state index contributed by atoms with van der Waals surface area (Å²) in [6.45, 7) is 8.35. The first kappa shape index (κ1) is 23.0. The SMILES string of the molecule is Cc1cc(C)c(NC(=O)CNC(=O)c2cc(S(=O)(=O)N3CCCC3)ccc2C)c(C)c1. The molecule has 0 radical (unpaired) electrons. The summed E-state index contributed by atoms with van der Waals surface area (Å²) in [6.07, 6.45) is 1.68. The molecule has 1 heterocycles. The zero-order chi connectivity index (χ0) is 22.8. The Kier molecular flexibility index (Phi) is 6.81. The summed E-state index contributed by atoms with van der Waals surface area (Å²) in [5.41, 5.74) is 4.64. The van der Waals surface area contributed by atoms with Gasteiger partial charge in [-0.15, -0.1) is 0 Å². The van der Waals surface area contributed by atoms with E-state index in [0.717, 1.165) is 35.2 Å². The lowest BCUT2D eigenvalue weighted by Crippen LogP contribution is -2.34. The Hall–Kier alpha value is -2.71. The third-order valence-corrected chi connectivity index (χ3v) is 7.40. The van der Waals surface area contributed by atoms with E-state index in [1.165, 1.54) is 16.4 Å². The number of hydrogen-bond acceptors (Lipinski definition) is 4. The Morgan fingerprint density at radius 3 is 2.16 bits per heavy atom. The fraction of sp³-hybridized carbons (Fsp3) is 0.391. The molecule has 0 bridgehead atoms. The van der Waals surface area contributed by atoms with Crippen LogP contribution in [-0.2, 0) is 14.8 Å². The third kappa shape index (κ3) is 5.14. The highest BCUT2D eigenvalue weighted by molar-refractivity contribution is 7.89.